The zero-order valence-corrected chi connectivity index (χ0v) is 15.5. The molecule has 1 aromatic carbocycles. The zero-order chi connectivity index (χ0) is 18.8. The Kier molecular flexibility index (Phi) is 5.67. The van der Waals surface area contributed by atoms with Crippen molar-refractivity contribution >= 4 is 15.7 Å². The number of carbonyl (C=O) groups excluding carboxylic acids is 1. The van der Waals surface area contributed by atoms with Crippen LogP contribution in [0, 0.1) is 12.7 Å². The smallest absolute Gasteiger partial charge is 0.241 e. The Labute approximate surface area is 147 Å². The van der Waals surface area contributed by atoms with Crippen LogP contribution in [0.4, 0.5) is 4.39 Å². The average Bonchev–Trinajstić information content (AvgIpc) is 2.96. The maximum absolute atomic E-state index is 13.0. The molecular weight excluding hydrogens is 345 g/mol. The third-order valence-corrected chi connectivity index (χ3v) is 6.05. The molecule has 0 N–H and O–H groups in total. The number of nitrogens with zero attached hydrogens (tertiary/aromatic N) is 1. The van der Waals surface area contributed by atoms with E-state index in [0.717, 1.165) is 17.9 Å². The van der Waals surface area contributed by atoms with Crippen LogP contribution in [-0.4, -0.2) is 30.5 Å². The molecule has 5 nitrogen and oxygen atoms in total. The maximum Gasteiger partial charge on any atom is 0.241 e. The van der Waals surface area contributed by atoms with Gasteiger partial charge in [0.2, 0.25) is 5.91 Å². The third kappa shape index (κ3) is 4.28. The van der Waals surface area contributed by atoms with E-state index in [-0.39, 0.29) is 17.5 Å². The largest absolute Gasteiger partial charge is 0.464 e. The van der Waals surface area contributed by atoms with Crippen LogP contribution in [0.1, 0.15) is 32.3 Å². The molecule has 0 aliphatic carbocycles. The van der Waals surface area contributed by atoms with Gasteiger partial charge in [-0.25, -0.2) is 12.8 Å². The number of carbonyl (C=O) groups is 1. The molecule has 7 heteroatoms. The summed E-state index contributed by atoms with van der Waals surface area (Å²) in [5.74, 6) is 0.257. The molecule has 25 heavy (non-hydrogen) atoms. The third-order valence-electron chi connectivity index (χ3n) is 3.98. The van der Waals surface area contributed by atoms with Gasteiger partial charge in [-0.1, -0.05) is 0 Å². The lowest BCUT2D eigenvalue weighted by Crippen LogP contribution is -2.44. The van der Waals surface area contributed by atoms with Crippen LogP contribution in [-0.2, 0) is 21.2 Å². The van der Waals surface area contributed by atoms with Crippen molar-refractivity contribution in [3.63, 3.8) is 0 Å². The molecule has 2 rings (SSSR count). The average molecular weight is 367 g/mol. The minimum absolute atomic E-state index is 0.0766. The standard InChI is InChI=1S/C18H22FNO4S/c1-12(2)20(11-16-8-5-13(3)24-16)18(21)14(4)25(22,23)17-9-6-15(19)7-10-17/h5-10,12,14H,11H2,1-4H3. The number of amides is 1. The van der Waals surface area contributed by atoms with E-state index in [1.165, 1.54) is 24.0 Å². The lowest BCUT2D eigenvalue weighted by molar-refractivity contribution is -0.133. The van der Waals surface area contributed by atoms with Crippen molar-refractivity contribution < 1.29 is 22.0 Å². The summed E-state index contributed by atoms with van der Waals surface area (Å²) in [6.45, 7) is 6.96. The summed E-state index contributed by atoms with van der Waals surface area (Å²) in [4.78, 5) is 14.2. The van der Waals surface area contributed by atoms with Gasteiger partial charge in [0.1, 0.15) is 22.6 Å². The molecule has 0 radical (unpaired) electrons. The summed E-state index contributed by atoms with van der Waals surface area (Å²) < 4.78 is 43.9. The molecule has 0 saturated carbocycles. The first-order valence-electron chi connectivity index (χ1n) is 7.98. The number of halogens is 1. The fraction of sp³-hybridized carbons (Fsp3) is 0.389. The van der Waals surface area contributed by atoms with Crippen LogP contribution in [0.3, 0.4) is 0 Å². The Balaban J connectivity index is 2.26. The van der Waals surface area contributed by atoms with Gasteiger partial charge in [-0.3, -0.25) is 4.79 Å². The van der Waals surface area contributed by atoms with Crippen molar-refractivity contribution in [3.8, 4) is 0 Å². The van der Waals surface area contributed by atoms with E-state index in [0.29, 0.717) is 5.76 Å². The molecule has 1 amide bonds. The first-order valence-corrected chi connectivity index (χ1v) is 9.53. The summed E-state index contributed by atoms with van der Waals surface area (Å²) in [5.41, 5.74) is 0. The van der Waals surface area contributed by atoms with E-state index in [9.17, 15) is 17.6 Å². The molecule has 0 fully saturated rings. The summed E-state index contributed by atoms with van der Waals surface area (Å²) in [7, 11) is -3.91. The van der Waals surface area contributed by atoms with E-state index in [1.807, 2.05) is 13.8 Å². The highest BCUT2D eigenvalue weighted by Gasteiger charge is 2.34. The lowest BCUT2D eigenvalue weighted by Gasteiger charge is -2.28. The number of furan rings is 1. The highest BCUT2D eigenvalue weighted by atomic mass is 32.2. The Hall–Kier alpha value is -2.15. The molecule has 0 bridgehead atoms. The number of benzene rings is 1. The summed E-state index contributed by atoms with van der Waals surface area (Å²) >= 11 is 0. The molecular formula is C18H22FNO4S. The fourth-order valence-corrected chi connectivity index (χ4v) is 3.77. The SMILES string of the molecule is Cc1ccc(CN(C(=O)C(C)S(=O)(=O)c2ccc(F)cc2)C(C)C)o1. The van der Waals surface area contributed by atoms with Gasteiger partial charge in [0.25, 0.3) is 0 Å². The second-order valence-corrected chi connectivity index (χ2v) is 8.48. The number of hydrogen-bond acceptors (Lipinski definition) is 4. The zero-order valence-electron chi connectivity index (χ0n) is 14.7. The Morgan fingerprint density at radius 1 is 1.12 bits per heavy atom. The van der Waals surface area contributed by atoms with Gasteiger partial charge < -0.3 is 9.32 Å². The van der Waals surface area contributed by atoms with Gasteiger partial charge >= 0.3 is 0 Å². The quantitative estimate of drug-likeness (QED) is 0.735. The van der Waals surface area contributed by atoms with Crippen LogP contribution in [0.5, 0.6) is 0 Å². The molecule has 136 valence electrons. The first kappa shape index (κ1) is 19.2. The lowest BCUT2D eigenvalue weighted by atomic mass is 10.2. The predicted octanol–water partition coefficient (Wildman–Crippen LogP) is 3.33. The summed E-state index contributed by atoms with van der Waals surface area (Å²) in [6.07, 6.45) is 0. The molecule has 1 aromatic heterocycles. The van der Waals surface area contributed by atoms with Gasteiger partial charge in [-0.2, -0.15) is 0 Å². The van der Waals surface area contributed by atoms with E-state index >= 15 is 0 Å². The second-order valence-electron chi connectivity index (χ2n) is 6.21. The molecule has 0 aliphatic heterocycles. The molecule has 2 aromatic rings. The van der Waals surface area contributed by atoms with Crippen LogP contribution < -0.4 is 0 Å². The van der Waals surface area contributed by atoms with Crippen molar-refractivity contribution in [2.24, 2.45) is 0 Å². The maximum atomic E-state index is 13.0. The molecule has 1 atom stereocenters. The van der Waals surface area contributed by atoms with Crippen LogP contribution in [0.25, 0.3) is 0 Å². The highest BCUT2D eigenvalue weighted by Crippen LogP contribution is 2.21. The number of hydrogen-bond donors (Lipinski definition) is 0. The Morgan fingerprint density at radius 3 is 2.20 bits per heavy atom. The van der Waals surface area contributed by atoms with Crippen molar-refractivity contribution in [1.29, 1.82) is 0 Å². The minimum atomic E-state index is -3.91. The number of rotatable bonds is 6. The van der Waals surface area contributed by atoms with Gasteiger partial charge in [-0.15, -0.1) is 0 Å². The van der Waals surface area contributed by atoms with Gasteiger partial charge in [0.15, 0.2) is 9.84 Å². The summed E-state index contributed by atoms with van der Waals surface area (Å²) in [6, 6.07) is 7.82. The van der Waals surface area contributed by atoms with Gasteiger partial charge in [0, 0.05) is 6.04 Å². The predicted molar refractivity (Wildman–Crippen MR) is 92.2 cm³/mol. The van der Waals surface area contributed by atoms with E-state index < -0.39 is 26.8 Å². The van der Waals surface area contributed by atoms with Crippen molar-refractivity contribution in [3.05, 3.63) is 53.7 Å². The highest BCUT2D eigenvalue weighted by molar-refractivity contribution is 7.92. The van der Waals surface area contributed by atoms with E-state index in [2.05, 4.69) is 0 Å². The topological polar surface area (TPSA) is 67.6 Å². The van der Waals surface area contributed by atoms with Crippen LogP contribution in [0.15, 0.2) is 45.7 Å². The van der Waals surface area contributed by atoms with Gasteiger partial charge in [0.05, 0.1) is 11.4 Å². The monoisotopic (exact) mass is 367 g/mol. The Bertz CT molecular complexity index is 840. The van der Waals surface area contributed by atoms with Crippen LogP contribution in [0.2, 0.25) is 0 Å². The summed E-state index contributed by atoms with van der Waals surface area (Å²) in [5, 5.41) is -1.28. The number of sulfone groups is 1. The van der Waals surface area contributed by atoms with Crippen LogP contribution >= 0.6 is 0 Å². The number of aryl methyl sites for hydroxylation is 1. The normalized spacial score (nSPS) is 13.0. The van der Waals surface area contributed by atoms with Crippen molar-refractivity contribution in [1.82, 2.24) is 4.90 Å². The van der Waals surface area contributed by atoms with Crippen molar-refractivity contribution in [2.45, 2.75) is 50.4 Å². The molecule has 0 saturated heterocycles. The first-order chi connectivity index (χ1) is 11.6. The molecule has 0 aliphatic rings. The van der Waals surface area contributed by atoms with E-state index in [4.69, 9.17) is 4.42 Å². The molecule has 0 spiro atoms. The second kappa shape index (κ2) is 7.39. The van der Waals surface area contributed by atoms with Gasteiger partial charge in [-0.05, 0) is 64.1 Å². The van der Waals surface area contributed by atoms with Crippen molar-refractivity contribution in [2.75, 3.05) is 0 Å². The molecule has 1 unspecified atom stereocenters. The molecule has 1 heterocycles. The minimum Gasteiger partial charge on any atom is -0.464 e. The fourth-order valence-electron chi connectivity index (χ4n) is 2.45. The van der Waals surface area contributed by atoms with E-state index in [1.54, 1.807) is 19.1 Å². The Morgan fingerprint density at radius 2 is 1.72 bits per heavy atom.